The van der Waals surface area contributed by atoms with Gasteiger partial charge in [0.25, 0.3) is 0 Å². The second-order valence-electron chi connectivity index (χ2n) is 3.32. The van der Waals surface area contributed by atoms with Crippen molar-refractivity contribution in [3.05, 3.63) is 29.8 Å². The van der Waals surface area contributed by atoms with E-state index in [1.165, 1.54) is 5.56 Å². The maximum Gasteiger partial charge on any atom is 0.106 e. The monoisotopic (exact) mass is 175 g/mol. The van der Waals surface area contributed by atoms with Gasteiger partial charge in [0, 0.05) is 14.1 Å². The van der Waals surface area contributed by atoms with E-state index in [0.717, 1.165) is 12.2 Å². The molecule has 2 rings (SSSR count). The van der Waals surface area contributed by atoms with Gasteiger partial charge in [-0.25, -0.2) is 10.0 Å². The lowest BCUT2D eigenvalue weighted by Gasteiger charge is -2.29. The van der Waals surface area contributed by atoms with E-state index in [9.17, 15) is 0 Å². The molecule has 0 atom stereocenters. The van der Waals surface area contributed by atoms with E-state index in [4.69, 9.17) is 0 Å². The molecule has 0 radical (unpaired) electrons. The van der Waals surface area contributed by atoms with Gasteiger partial charge in [-0.2, -0.15) is 0 Å². The van der Waals surface area contributed by atoms with Gasteiger partial charge in [-0.3, -0.25) is 5.01 Å². The molecule has 0 saturated carbocycles. The standard InChI is InChI=1S/C10H13N3/c1-12(2)13-7-9-5-3-4-6-10(9)11-8-13/h3-6,8H,7H2,1-2H3. The highest BCUT2D eigenvalue weighted by Crippen LogP contribution is 2.23. The minimum absolute atomic E-state index is 0.909. The van der Waals surface area contributed by atoms with Gasteiger partial charge in [0.2, 0.25) is 0 Å². The van der Waals surface area contributed by atoms with Crippen molar-refractivity contribution in [2.75, 3.05) is 14.1 Å². The van der Waals surface area contributed by atoms with Crippen LogP contribution in [0.2, 0.25) is 0 Å². The lowest BCUT2D eigenvalue weighted by Crippen LogP contribution is -2.36. The summed E-state index contributed by atoms with van der Waals surface area (Å²) >= 11 is 0. The molecule has 1 aliphatic heterocycles. The number of benzene rings is 1. The van der Waals surface area contributed by atoms with Gasteiger partial charge >= 0.3 is 0 Å². The lowest BCUT2D eigenvalue weighted by molar-refractivity contribution is 0.107. The molecular weight excluding hydrogens is 162 g/mol. The van der Waals surface area contributed by atoms with Crippen molar-refractivity contribution < 1.29 is 0 Å². The summed E-state index contributed by atoms with van der Waals surface area (Å²) in [6, 6.07) is 8.22. The Labute approximate surface area is 78.3 Å². The lowest BCUT2D eigenvalue weighted by atomic mass is 10.1. The van der Waals surface area contributed by atoms with Crippen LogP contribution in [-0.4, -0.2) is 30.5 Å². The molecule has 0 bridgehead atoms. The summed E-state index contributed by atoms with van der Waals surface area (Å²) in [5.41, 5.74) is 2.36. The maximum atomic E-state index is 4.35. The zero-order valence-corrected chi connectivity index (χ0v) is 7.94. The van der Waals surface area contributed by atoms with Crippen LogP contribution in [0.15, 0.2) is 29.3 Å². The highest BCUT2D eigenvalue weighted by Gasteiger charge is 2.11. The molecule has 0 saturated heterocycles. The summed E-state index contributed by atoms with van der Waals surface area (Å²) in [4.78, 5) is 4.35. The van der Waals surface area contributed by atoms with Crippen LogP contribution in [0.3, 0.4) is 0 Å². The first-order valence-electron chi connectivity index (χ1n) is 4.33. The summed E-state index contributed by atoms with van der Waals surface area (Å²) in [7, 11) is 4.03. The quantitative estimate of drug-likeness (QED) is 0.646. The third-order valence-electron chi connectivity index (χ3n) is 2.17. The third-order valence-corrected chi connectivity index (χ3v) is 2.17. The largest absolute Gasteiger partial charge is 0.292 e. The highest BCUT2D eigenvalue weighted by molar-refractivity contribution is 5.66. The summed E-state index contributed by atoms with van der Waals surface area (Å²) < 4.78 is 0. The molecule has 1 aromatic carbocycles. The van der Waals surface area contributed by atoms with E-state index in [1.54, 1.807) is 0 Å². The fourth-order valence-corrected chi connectivity index (χ4v) is 1.36. The number of hydrazine groups is 1. The highest BCUT2D eigenvalue weighted by atomic mass is 15.6. The second-order valence-corrected chi connectivity index (χ2v) is 3.32. The topological polar surface area (TPSA) is 18.8 Å². The molecule has 0 spiro atoms. The van der Waals surface area contributed by atoms with E-state index in [2.05, 4.69) is 16.1 Å². The van der Waals surface area contributed by atoms with Crippen LogP contribution >= 0.6 is 0 Å². The van der Waals surface area contributed by atoms with Gasteiger partial charge in [-0.1, -0.05) is 18.2 Å². The number of para-hydroxylation sites is 1. The Morgan fingerprint density at radius 2 is 2.08 bits per heavy atom. The number of aliphatic imine (C=N–C) groups is 1. The smallest absolute Gasteiger partial charge is 0.106 e. The molecule has 0 aliphatic carbocycles. The number of hydrogen-bond acceptors (Lipinski definition) is 3. The Bertz CT molecular complexity index is 331. The van der Waals surface area contributed by atoms with Crippen LogP contribution in [0, 0.1) is 0 Å². The van der Waals surface area contributed by atoms with E-state index >= 15 is 0 Å². The number of fused-ring (bicyclic) bond motifs is 1. The molecule has 0 fully saturated rings. The average molecular weight is 175 g/mol. The van der Waals surface area contributed by atoms with Crippen LogP contribution in [0.25, 0.3) is 0 Å². The van der Waals surface area contributed by atoms with Gasteiger partial charge in [-0.05, 0) is 11.6 Å². The van der Waals surface area contributed by atoms with Crippen LogP contribution in [0.5, 0.6) is 0 Å². The van der Waals surface area contributed by atoms with E-state index in [1.807, 2.05) is 43.6 Å². The van der Waals surface area contributed by atoms with Crippen molar-refractivity contribution in [1.82, 2.24) is 10.0 Å². The Hall–Kier alpha value is -1.35. The molecule has 0 N–H and O–H groups in total. The van der Waals surface area contributed by atoms with Crippen molar-refractivity contribution >= 4 is 12.0 Å². The molecule has 1 aliphatic rings. The van der Waals surface area contributed by atoms with E-state index in [0.29, 0.717) is 0 Å². The van der Waals surface area contributed by atoms with Crippen molar-refractivity contribution in [1.29, 1.82) is 0 Å². The second kappa shape index (κ2) is 3.18. The maximum absolute atomic E-state index is 4.35. The first-order chi connectivity index (χ1) is 6.27. The third kappa shape index (κ3) is 1.55. The van der Waals surface area contributed by atoms with Crippen molar-refractivity contribution in [3.63, 3.8) is 0 Å². The summed E-state index contributed by atoms with van der Waals surface area (Å²) in [5.74, 6) is 0. The molecule has 1 heterocycles. The predicted octanol–water partition coefficient (Wildman–Crippen LogP) is 1.64. The average Bonchev–Trinajstić information content (AvgIpc) is 2.17. The molecule has 0 unspecified atom stereocenters. The van der Waals surface area contributed by atoms with Crippen molar-refractivity contribution in [2.45, 2.75) is 6.54 Å². The van der Waals surface area contributed by atoms with Crippen LogP contribution in [0.1, 0.15) is 5.56 Å². The van der Waals surface area contributed by atoms with Crippen molar-refractivity contribution in [2.24, 2.45) is 4.99 Å². The molecule has 68 valence electrons. The Kier molecular flexibility index (Phi) is 2.02. The fourth-order valence-electron chi connectivity index (χ4n) is 1.36. The van der Waals surface area contributed by atoms with Gasteiger partial charge in [0.15, 0.2) is 0 Å². The van der Waals surface area contributed by atoms with Gasteiger partial charge in [0.05, 0.1) is 12.2 Å². The van der Waals surface area contributed by atoms with Gasteiger partial charge in [-0.15, -0.1) is 0 Å². The summed E-state index contributed by atoms with van der Waals surface area (Å²) in [6.45, 7) is 0.909. The zero-order valence-electron chi connectivity index (χ0n) is 7.94. The normalized spacial score (nSPS) is 14.8. The molecule has 3 heteroatoms. The molecule has 0 aromatic heterocycles. The van der Waals surface area contributed by atoms with Crippen LogP contribution in [0.4, 0.5) is 5.69 Å². The molecule has 13 heavy (non-hydrogen) atoms. The molecular formula is C10H13N3. The summed E-state index contributed by atoms with van der Waals surface area (Å²) in [6.07, 6.45) is 1.86. The number of rotatable bonds is 1. The Morgan fingerprint density at radius 3 is 2.85 bits per heavy atom. The van der Waals surface area contributed by atoms with Crippen LogP contribution < -0.4 is 0 Å². The van der Waals surface area contributed by atoms with Gasteiger partial charge < -0.3 is 0 Å². The fraction of sp³-hybridized carbons (Fsp3) is 0.300. The minimum Gasteiger partial charge on any atom is -0.292 e. The van der Waals surface area contributed by atoms with Crippen LogP contribution in [-0.2, 0) is 6.54 Å². The summed E-state index contributed by atoms with van der Waals surface area (Å²) in [5, 5.41) is 4.10. The first-order valence-corrected chi connectivity index (χ1v) is 4.33. The Morgan fingerprint density at radius 1 is 1.31 bits per heavy atom. The Balaban J connectivity index is 2.29. The predicted molar refractivity (Wildman–Crippen MR) is 53.8 cm³/mol. The van der Waals surface area contributed by atoms with E-state index < -0.39 is 0 Å². The molecule has 1 aromatic rings. The molecule has 3 nitrogen and oxygen atoms in total. The number of nitrogens with zero attached hydrogens (tertiary/aromatic N) is 3. The van der Waals surface area contributed by atoms with E-state index in [-0.39, 0.29) is 0 Å². The SMILES string of the molecule is CN(C)N1C=Nc2ccccc2C1. The zero-order chi connectivity index (χ0) is 9.26. The first kappa shape index (κ1) is 8.26. The van der Waals surface area contributed by atoms with Gasteiger partial charge in [0.1, 0.15) is 6.34 Å². The van der Waals surface area contributed by atoms with Crippen molar-refractivity contribution in [3.8, 4) is 0 Å². The minimum atomic E-state index is 0.909. The molecule has 0 amide bonds. The number of hydrogen-bond donors (Lipinski definition) is 0.